The van der Waals surface area contributed by atoms with Crippen LogP contribution in [0, 0.1) is 5.92 Å². The van der Waals surface area contributed by atoms with E-state index in [9.17, 15) is 4.79 Å². The summed E-state index contributed by atoms with van der Waals surface area (Å²) < 4.78 is 0. The van der Waals surface area contributed by atoms with E-state index in [4.69, 9.17) is 0 Å². The minimum Gasteiger partial charge on any atom is -0.303 e. The highest BCUT2D eigenvalue weighted by atomic mass is 16.1. The van der Waals surface area contributed by atoms with E-state index < -0.39 is 0 Å². The Hall–Kier alpha value is -1.15. The molecule has 0 saturated heterocycles. The first-order valence-electron chi connectivity index (χ1n) is 7.60. The molecular formula is C17H25NO. The second-order valence-corrected chi connectivity index (χ2v) is 5.58. The number of carbonyl (C=O) groups excluding carboxylic acids is 1. The van der Waals surface area contributed by atoms with Crippen LogP contribution in [0.3, 0.4) is 0 Å². The van der Waals surface area contributed by atoms with Crippen LogP contribution in [0.15, 0.2) is 30.3 Å². The molecule has 1 aromatic carbocycles. The Morgan fingerprint density at radius 3 is 2.58 bits per heavy atom. The number of hydrogen-bond donors (Lipinski definition) is 0. The molecule has 2 rings (SSSR count). The fourth-order valence-corrected chi connectivity index (χ4v) is 2.65. The van der Waals surface area contributed by atoms with Crippen LogP contribution in [0.25, 0.3) is 0 Å². The zero-order valence-corrected chi connectivity index (χ0v) is 12.0. The lowest BCUT2D eigenvalue weighted by atomic mass is 9.85. The molecule has 0 aromatic heterocycles. The summed E-state index contributed by atoms with van der Waals surface area (Å²) in [5.41, 5.74) is 0.851. The summed E-state index contributed by atoms with van der Waals surface area (Å²) in [5.74, 6) is 1.20. The van der Waals surface area contributed by atoms with Crippen molar-refractivity contribution in [2.24, 2.45) is 5.92 Å². The molecule has 2 nitrogen and oxygen atoms in total. The Bertz CT molecular complexity index is 384. The summed E-state index contributed by atoms with van der Waals surface area (Å²) in [4.78, 5) is 14.5. The van der Waals surface area contributed by atoms with Gasteiger partial charge in [0.15, 0.2) is 5.78 Å². The molecule has 0 N–H and O–H groups in total. The van der Waals surface area contributed by atoms with Crippen LogP contribution in [0.2, 0.25) is 0 Å². The molecule has 1 saturated carbocycles. The highest BCUT2D eigenvalue weighted by Gasteiger charge is 2.19. The van der Waals surface area contributed by atoms with Crippen LogP contribution < -0.4 is 0 Å². The van der Waals surface area contributed by atoms with Crippen LogP contribution >= 0.6 is 0 Å². The van der Waals surface area contributed by atoms with Crippen molar-refractivity contribution in [3.05, 3.63) is 35.9 Å². The predicted molar refractivity (Wildman–Crippen MR) is 79.5 cm³/mol. The van der Waals surface area contributed by atoms with E-state index in [1.807, 2.05) is 30.3 Å². The maximum Gasteiger partial charge on any atom is 0.162 e. The number of rotatable bonds is 8. The molecular weight excluding hydrogens is 234 g/mol. The van der Waals surface area contributed by atoms with Gasteiger partial charge in [0.25, 0.3) is 0 Å². The van der Waals surface area contributed by atoms with E-state index in [0.29, 0.717) is 6.42 Å². The van der Waals surface area contributed by atoms with Gasteiger partial charge in [-0.15, -0.1) is 0 Å². The lowest BCUT2D eigenvalue weighted by Crippen LogP contribution is -2.33. The second-order valence-electron chi connectivity index (χ2n) is 5.58. The van der Waals surface area contributed by atoms with Gasteiger partial charge in [0.1, 0.15) is 0 Å². The van der Waals surface area contributed by atoms with Crippen molar-refractivity contribution >= 4 is 5.78 Å². The molecule has 0 spiro atoms. The minimum atomic E-state index is 0.278. The molecule has 0 bridgehead atoms. The molecule has 0 amide bonds. The van der Waals surface area contributed by atoms with Gasteiger partial charge in [-0.2, -0.15) is 0 Å². The van der Waals surface area contributed by atoms with Crippen molar-refractivity contribution in [3.8, 4) is 0 Å². The van der Waals surface area contributed by atoms with Crippen LogP contribution in [0.1, 0.15) is 49.4 Å². The lowest BCUT2D eigenvalue weighted by molar-refractivity contribution is 0.0971. The molecule has 1 aromatic rings. The van der Waals surface area contributed by atoms with E-state index in [-0.39, 0.29) is 5.78 Å². The standard InChI is InChI=1S/C17H25NO/c1-2-18(14-15-8-6-9-15)13-7-12-17(19)16-10-4-3-5-11-16/h3-5,10-11,15H,2,6-9,12-14H2,1H3. The number of carbonyl (C=O) groups is 1. The molecule has 0 atom stereocenters. The van der Waals surface area contributed by atoms with Gasteiger partial charge in [0.2, 0.25) is 0 Å². The van der Waals surface area contributed by atoms with E-state index in [1.165, 1.54) is 25.8 Å². The topological polar surface area (TPSA) is 20.3 Å². The Balaban J connectivity index is 1.68. The molecule has 1 aliphatic rings. The number of Topliss-reactive ketones (excluding diaryl/α,β-unsaturated/α-hetero) is 1. The molecule has 2 heteroatoms. The Morgan fingerprint density at radius 2 is 2.00 bits per heavy atom. The van der Waals surface area contributed by atoms with E-state index in [0.717, 1.165) is 31.0 Å². The van der Waals surface area contributed by atoms with Gasteiger partial charge in [-0.3, -0.25) is 4.79 Å². The average molecular weight is 259 g/mol. The van der Waals surface area contributed by atoms with E-state index in [2.05, 4.69) is 11.8 Å². The summed E-state index contributed by atoms with van der Waals surface area (Å²) in [7, 11) is 0. The third-order valence-electron chi connectivity index (χ3n) is 4.16. The maximum absolute atomic E-state index is 12.0. The molecule has 0 radical (unpaired) electrons. The molecule has 0 unspecified atom stereocenters. The number of hydrogen-bond acceptors (Lipinski definition) is 2. The average Bonchev–Trinajstić information content (AvgIpc) is 2.41. The third-order valence-corrected chi connectivity index (χ3v) is 4.16. The summed E-state index contributed by atoms with van der Waals surface area (Å²) in [6.45, 7) is 5.62. The van der Waals surface area contributed by atoms with Crippen molar-refractivity contribution < 1.29 is 4.79 Å². The summed E-state index contributed by atoms with van der Waals surface area (Å²) in [6.07, 6.45) is 5.87. The van der Waals surface area contributed by atoms with Gasteiger partial charge in [0, 0.05) is 18.5 Å². The fraction of sp³-hybridized carbons (Fsp3) is 0.588. The number of benzene rings is 1. The normalized spacial score (nSPS) is 15.5. The summed E-state index contributed by atoms with van der Waals surface area (Å²) >= 11 is 0. The van der Waals surface area contributed by atoms with E-state index >= 15 is 0 Å². The Labute approximate surface area is 116 Å². The maximum atomic E-state index is 12.0. The first-order chi connectivity index (χ1) is 9.29. The monoisotopic (exact) mass is 259 g/mol. The molecule has 1 fully saturated rings. The van der Waals surface area contributed by atoms with Crippen molar-refractivity contribution in [3.63, 3.8) is 0 Å². The summed E-state index contributed by atoms with van der Waals surface area (Å²) in [5, 5.41) is 0. The quantitative estimate of drug-likeness (QED) is 0.662. The van der Waals surface area contributed by atoms with Crippen molar-refractivity contribution in [2.75, 3.05) is 19.6 Å². The van der Waals surface area contributed by atoms with Gasteiger partial charge in [-0.1, -0.05) is 43.7 Å². The lowest BCUT2D eigenvalue weighted by Gasteiger charge is -2.31. The SMILES string of the molecule is CCN(CCCC(=O)c1ccccc1)CC1CCC1. The first kappa shape index (κ1) is 14.3. The molecule has 0 heterocycles. The van der Waals surface area contributed by atoms with Gasteiger partial charge >= 0.3 is 0 Å². The minimum absolute atomic E-state index is 0.278. The highest BCUT2D eigenvalue weighted by Crippen LogP contribution is 2.27. The smallest absolute Gasteiger partial charge is 0.162 e. The van der Waals surface area contributed by atoms with Crippen LogP contribution in [0.4, 0.5) is 0 Å². The van der Waals surface area contributed by atoms with Crippen molar-refractivity contribution in [2.45, 2.75) is 39.0 Å². The van der Waals surface area contributed by atoms with Crippen molar-refractivity contribution in [1.82, 2.24) is 4.90 Å². The molecule has 0 aliphatic heterocycles. The van der Waals surface area contributed by atoms with Crippen LogP contribution in [0.5, 0.6) is 0 Å². The van der Waals surface area contributed by atoms with Gasteiger partial charge in [-0.05, 0) is 38.3 Å². The largest absolute Gasteiger partial charge is 0.303 e. The predicted octanol–water partition coefficient (Wildman–Crippen LogP) is 3.77. The Kier molecular flexibility index (Phi) is 5.59. The summed E-state index contributed by atoms with van der Waals surface area (Å²) in [6, 6.07) is 9.64. The third kappa shape index (κ3) is 4.46. The van der Waals surface area contributed by atoms with Crippen LogP contribution in [-0.2, 0) is 0 Å². The zero-order valence-electron chi connectivity index (χ0n) is 12.0. The molecule has 1 aliphatic carbocycles. The van der Waals surface area contributed by atoms with Gasteiger partial charge in [-0.25, -0.2) is 0 Å². The zero-order chi connectivity index (χ0) is 13.5. The molecule has 104 valence electrons. The first-order valence-corrected chi connectivity index (χ1v) is 7.60. The fourth-order valence-electron chi connectivity index (χ4n) is 2.65. The van der Waals surface area contributed by atoms with Crippen LogP contribution in [-0.4, -0.2) is 30.3 Å². The number of nitrogens with zero attached hydrogens (tertiary/aromatic N) is 1. The highest BCUT2D eigenvalue weighted by molar-refractivity contribution is 5.95. The molecule has 19 heavy (non-hydrogen) atoms. The number of ketones is 1. The second kappa shape index (κ2) is 7.44. The Morgan fingerprint density at radius 1 is 1.26 bits per heavy atom. The van der Waals surface area contributed by atoms with E-state index in [1.54, 1.807) is 0 Å². The van der Waals surface area contributed by atoms with Gasteiger partial charge < -0.3 is 4.90 Å². The van der Waals surface area contributed by atoms with Gasteiger partial charge in [0.05, 0.1) is 0 Å². The van der Waals surface area contributed by atoms with Crippen molar-refractivity contribution in [1.29, 1.82) is 0 Å².